The number of aromatic nitrogens is 4. The van der Waals surface area contributed by atoms with Crippen molar-refractivity contribution in [1.82, 2.24) is 19.3 Å². The van der Waals surface area contributed by atoms with E-state index in [1.165, 1.54) is 22.3 Å². The predicted octanol–water partition coefficient (Wildman–Crippen LogP) is 8.66. The van der Waals surface area contributed by atoms with Gasteiger partial charge in [0.15, 0.2) is 0 Å². The molecule has 7 rings (SSSR count). The molecule has 0 N–H and O–H groups in total. The number of hydrogen-bond acceptors (Lipinski definition) is 3. The number of nitrogens with zero attached hydrogens (tertiary/aromatic N) is 4. The van der Waals surface area contributed by atoms with Crippen molar-refractivity contribution in [2.24, 2.45) is 0 Å². The van der Waals surface area contributed by atoms with Crippen molar-refractivity contribution in [3.8, 4) is 34.1 Å². The average Bonchev–Trinajstić information content (AvgIpc) is 3.56. The zero-order valence-electron chi connectivity index (χ0n) is 23.8. The fraction of sp³-hybridized carbons (Fsp3) is 0.111. The third-order valence-electron chi connectivity index (χ3n) is 7.45. The maximum atomic E-state index is 6.32. The number of rotatable bonds is 5. The van der Waals surface area contributed by atoms with Gasteiger partial charge in [0.05, 0.1) is 6.20 Å². The van der Waals surface area contributed by atoms with Crippen LogP contribution >= 0.6 is 0 Å². The van der Waals surface area contributed by atoms with Gasteiger partial charge in [-0.15, -0.1) is 35.7 Å². The first kappa shape index (κ1) is 27.7. The Bertz CT molecular complexity index is 2070. The number of fused-ring (bicyclic) bond motifs is 3. The predicted molar refractivity (Wildman–Crippen MR) is 164 cm³/mol. The molecule has 0 bridgehead atoms. The second-order valence-electron chi connectivity index (χ2n) is 10.6. The van der Waals surface area contributed by atoms with Crippen LogP contribution in [0.15, 0.2) is 97.5 Å². The van der Waals surface area contributed by atoms with Gasteiger partial charge in [0.2, 0.25) is 0 Å². The van der Waals surface area contributed by atoms with E-state index in [-0.39, 0.29) is 21.1 Å². The maximum Gasteiger partial charge on any atom is 2.00 e. The fourth-order valence-corrected chi connectivity index (χ4v) is 5.78. The van der Waals surface area contributed by atoms with Gasteiger partial charge in [0.25, 0.3) is 0 Å². The minimum Gasteiger partial charge on any atom is -0.509 e. The second kappa shape index (κ2) is 11.1. The van der Waals surface area contributed by atoms with E-state index in [0.29, 0.717) is 11.5 Å². The molecule has 5 nitrogen and oxygen atoms in total. The molecule has 4 aromatic carbocycles. The zero-order valence-corrected chi connectivity index (χ0v) is 26.0. The van der Waals surface area contributed by atoms with Gasteiger partial charge in [-0.25, -0.2) is 4.98 Å². The molecular weight excluding hydrogens is 700 g/mol. The first-order chi connectivity index (χ1) is 19.9. The molecule has 7 aromatic rings. The van der Waals surface area contributed by atoms with Crippen LogP contribution in [0.4, 0.5) is 0 Å². The van der Waals surface area contributed by atoms with E-state index >= 15 is 0 Å². The van der Waals surface area contributed by atoms with Crippen molar-refractivity contribution >= 4 is 21.8 Å². The molecule has 42 heavy (non-hydrogen) atoms. The minimum absolute atomic E-state index is 0. The van der Waals surface area contributed by atoms with Crippen LogP contribution in [0.25, 0.3) is 44.4 Å². The van der Waals surface area contributed by atoms with Gasteiger partial charge in [0.1, 0.15) is 5.82 Å². The normalized spacial score (nSPS) is 11.1. The number of benzene rings is 4. The fourth-order valence-electron chi connectivity index (χ4n) is 5.78. The largest absolute Gasteiger partial charge is 2.00 e. The average molecular weight is 728 g/mol. The molecule has 0 radical (unpaired) electrons. The monoisotopic (exact) mass is 727 g/mol. The van der Waals surface area contributed by atoms with Crippen LogP contribution in [0.1, 0.15) is 22.3 Å². The van der Waals surface area contributed by atoms with E-state index in [4.69, 9.17) is 4.74 Å². The van der Waals surface area contributed by atoms with E-state index in [0.717, 1.165) is 44.4 Å². The Balaban J connectivity index is 0.00000316. The molecule has 0 aliphatic carbocycles. The Morgan fingerprint density at radius 1 is 0.738 bits per heavy atom. The summed E-state index contributed by atoms with van der Waals surface area (Å²) < 4.78 is 10.3. The summed E-state index contributed by atoms with van der Waals surface area (Å²) in [5.41, 5.74) is 9.99. The Morgan fingerprint density at radius 2 is 1.52 bits per heavy atom. The molecule has 3 heterocycles. The minimum atomic E-state index is 0. The van der Waals surface area contributed by atoms with Gasteiger partial charge >= 0.3 is 21.1 Å². The molecule has 0 amide bonds. The van der Waals surface area contributed by atoms with Gasteiger partial charge in [0, 0.05) is 35.0 Å². The van der Waals surface area contributed by atoms with E-state index in [1.54, 1.807) is 0 Å². The topological polar surface area (TPSA) is 44.9 Å². The Kier molecular flexibility index (Phi) is 7.30. The Morgan fingerprint density at radius 3 is 2.33 bits per heavy atom. The van der Waals surface area contributed by atoms with Crippen molar-refractivity contribution in [1.29, 1.82) is 0 Å². The van der Waals surface area contributed by atoms with Crippen molar-refractivity contribution in [2.45, 2.75) is 27.7 Å². The summed E-state index contributed by atoms with van der Waals surface area (Å²) in [6.45, 7) is 8.50. The van der Waals surface area contributed by atoms with Crippen LogP contribution in [-0.4, -0.2) is 19.3 Å². The van der Waals surface area contributed by atoms with E-state index in [2.05, 4.69) is 96.9 Å². The van der Waals surface area contributed by atoms with Gasteiger partial charge in [-0.3, -0.25) is 4.68 Å². The van der Waals surface area contributed by atoms with Crippen LogP contribution in [0.5, 0.6) is 11.5 Å². The number of ether oxygens (including phenoxy) is 1. The quantitative estimate of drug-likeness (QED) is 0.167. The molecule has 0 aliphatic heterocycles. The smallest absolute Gasteiger partial charge is 0.509 e. The van der Waals surface area contributed by atoms with Crippen molar-refractivity contribution in [2.75, 3.05) is 0 Å². The number of pyridine rings is 1. The molecule has 0 unspecified atom stereocenters. The van der Waals surface area contributed by atoms with Gasteiger partial charge in [-0.2, -0.15) is 17.2 Å². The SMILES string of the molecule is Cc1ccnc(-n2c3[c-]c(Oc4[c-]c(-n5cc(-c6c(C)cc(C)cc6C)cn5)ccc4)ccc3c3ccccc32)c1.[Pt+2]. The molecule has 0 saturated carbocycles. The summed E-state index contributed by atoms with van der Waals surface area (Å²) in [7, 11) is 0. The molecule has 6 heteroatoms. The van der Waals surface area contributed by atoms with Crippen LogP contribution < -0.4 is 4.74 Å². The van der Waals surface area contributed by atoms with Crippen LogP contribution in [0, 0.1) is 39.8 Å². The molecule has 0 aliphatic rings. The van der Waals surface area contributed by atoms with E-state index < -0.39 is 0 Å². The van der Waals surface area contributed by atoms with Gasteiger partial charge < -0.3 is 9.30 Å². The molecule has 0 fully saturated rings. The third-order valence-corrected chi connectivity index (χ3v) is 7.45. The summed E-state index contributed by atoms with van der Waals surface area (Å²) in [4.78, 5) is 4.67. The maximum absolute atomic E-state index is 6.32. The van der Waals surface area contributed by atoms with Crippen LogP contribution in [0.2, 0.25) is 0 Å². The second-order valence-corrected chi connectivity index (χ2v) is 10.6. The molecule has 208 valence electrons. The standard InChI is InChI=1S/C36H28N4O.Pt/c1-23-14-15-37-35(18-23)40-33-11-6-5-10-31(33)32-13-12-30(20-34(32)40)41-29-9-7-8-28(19-29)39-22-27(21-38-39)36-25(3)16-24(2)17-26(36)4;/h5-18,21-22H,1-4H3;/q-2;+2. The Hall–Kier alpha value is -4.47. The molecule has 0 spiro atoms. The first-order valence-electron chi connectivity index (χ1n) is 13.7. The molecular formula is C36H28N4OPt. The van der Waals surface area contributed by atoms with Crippen molar-refractivity contribution in [3.63, 3.8) is 0 Å². The van der Waals surface area contributed by atoms with Gasteiger partial charge in [-0.1, -0.05) is 41.4 Å². The van der Waals surface area contributed by atoms with Crippen molar-refractivity contribution < 1.29 is 25.8 Å². The summed E-state index contributed by atoms with van der Waals surface area (Å²) in [5, 5.41) is 6.89. The summed E-state index contributed by atoms with van der Waals surface area (Å²) in [6, 6.07) is 33.6. The number of para-hydroxylation sites is 1. The summed E-state index contributed by atoms with van der Waals surface area (Å²) in [5.74, 6) is 2.05. The number of hydrogen-bond donors (Lipinski definition) is 0. The summed E-state index contributed by atoms with van der Waals surface area (Å²) >= 11 is 0. The van der Waals surface area contributed by atoms with Gasteiger partial charge in [-0.05, 0) is 79.2 Å². The van der Waals surface area contributed by atoms with Crippen LogP contribution in [-0.2, 0) is 21.1 Å². The van der Waals surface area contributed by atoms with E-state index in [9.17, 15) is 0 Å². The number of aryl methyl sites for hydroxylation is 4. The Labute approximate surface area is 259 Å². The molecule has 0 saturated heterocycles. The van der Waals surface area contributed by atoms with Crippen molar-refractivity contribution in [3.05, 3.63) is 132 Å². The molecule has 3 aromatic heterocycles. The summed E-state index contributed by atoms with van der Waals surface area (Å²) in [6.07, 6.45) is 5.80. The molecule has 0 atom stereocenters. The van der Waals surface area contributed by atoms with E-state index in [1.807, 2.05) is 59.7 Å². The first-order valence-corrected chi connectivity index (χ1v) is 13.7. The van der Waals surface area contributed by atoms with Crippen LogP contribution in [0.3, 0.4) is 0 Å². The third kappa shape index (κ3) is 4.95. The zero-order chi connectivity index (χ0) is 28.1.